The van der Waals surface area contributed by atoms with E-state index >= 15 is 0 Å². The Kier molecular flexibility index (Phi) is 7.41. The van der Waals surface area contributed by atoms with E-state index in [-0.39, 0.29) is 17.9 Å². The summed E-state index contributed by atoms with van der Waals surface area (Å²) in [5.74, 6) is -0.350. The van der Waals surface area contributed by atoms with Gasteiger partial charge in [-0.3, -0.25) is 4.79 Å². The van der Waals surface area contributed by atoms with E-state index in [1.807, 2.05) is 26.8 Å². The molecule has 3 saturated carbocycles. The second-order valence-electron chi connectivity index (χ2n) is 12.5. The molecule has 4 aliphatic rings. The number of hydrogen-bond acceptors (Lipinski definition) is 6. The SMILES string of the molecule is COc1c(CC(NC(=O)C(C)(Cl)Cl)B2OC3CC4CC(C4(C)C)C3(C)O2)cccc1C(=O)OC(C)(C)C. The van der Waals surface area contributed by atoms with Crippen LogP contribution in [0.15, 0.2) is 18.2 Å². The third-order valence-electron chi connectivity index (χ3n) is 8.37. The lowest BCUT2D eigenvalue weighted by Gasteiger charge is -2.64. The molecule has 1 N–H and O–H groups in total. The van der Waals surface area contributed by atoms with Crippen LogP contribution < -0.4 is 10.1 Å². The molecule has 0 spiro atoms. The van der Waals surface area contributed by atoms with Crippen LogP contribution in [-0.2, 0) is 25.3 Å². The van der Waals surface area contributed by atoms with E-state index < -0.39 is 40.5 Å². The van der Waals surface area contributed by atoms with Gasteiger partial charge in [0.25, 0.3) is 5.91 Å². The minimum absolute atomic E-state index is 0.0675. The summed E-state index contributed by atoms with van der Waals surface area (Å²) in [6.07, 6.45) is 2.22. The first-order valence-electron chi connectivity index (χ1n) is 12.9. The third kappa shape index (κ3) is 5.36. The molecule has 1 aromatic rings. The summed E-state index contributed by atoms with van der Waals surface area (Å²) in [6.45, 7) is 13.6. The van der Waals surface area contributed by atoms with E-state index in [4.69, 9.17) is 42.0 Å². The number of carbonyl (C=O) groups excluding carboxylic acids is 2. The van der Waals surface area contributed by atoms with Gasteiger partial charge >= 0.3 is 13.1 Å². The van der Waals surface area contributed by atoms with Gasteiger partial charge in [-0.2, -0.15) is 0 Å². The van der Waals surface area contributed by atoms with E-state index in [2.05, 4.69) is 26.1 Å². The second kappa shape index (κ2) is 9.62. The summed E-state index contributed by atoms with van der Waals surface area (Å²) in [5, 5.41) is 2.94. The fraction of sp³-hybridized carbons (Fsp3) is 0.704. The molecule has 3 aliphatic carbocycles. The molecule has 5 unspecified atom stereocenters. The van der Waals surface area contributed by atoms with Gasteiger partial charge in [0.15, 0.2) is 4.33 Å². The minimum atomic E-state index is -1.64. The highest BCUT2D eigenvalue weighted by Crippen LogP contribution is 2.65. The summed E-state index contributed by atoms with van der Waals surface area (Å²) < 4.78 is 22.7. The number of hydrogen-bond donors (Lipinski definition) is 1. The number of nitrogens with one attached hydrogen (secondary N) is 1. The van der Waals surface area contributed by atoms with Gasteiger partial charge in [0, 0.05) is 0 Å². The van der Waals surface area contributed by atoms with E-state index in [1.165, 1.54) is 14.0 Å². The summed E-state index contributed by atoms with van der Waals surface area (Å²) in [4.78, 5) is 25.8. The van der Waals surface area contributed by atoms with E-state index in [0.717, 1.165) is 12.8 Å². The first-order chi connectivity index (χ1) is 17.0. The van der Waals surface area contributed by atoms with Crippen LogP contribution in [0.25, 0.3) is 0 Å². The molecular weight excluding hydrogens is 516 g/mol. The quantitative estimate of drug-likeness (QED) is 0.286. The zero-order chi connectivity index (χ0) is 27.6. The summed E-state index contributed by atoms with van der Waals surface area (Å²) in [5.41, 5.74) is 0.0539. The zero-order valence-corrected chi connectivity index (χ0v) is 24.5. The highest BCUT2D eigenvalue weighted by Gasteiger charge is 2.68. The Morgan fingerprint density at radius 2 is 1.86 bits per heavy atom. The first kappa shape index (κ1) is 28.5. The van der Waals surface area contributed by atoms with Crippen molar-refractivity contribution in [2.45, 2.75) is 95.3 Å². The normalized spacial score (nSPS) is 29.1. The summed E-state index contributed by atoms with van der Waals surface area (Å²) in [6, 6.07) is 5.26. The number of rotatable bonds is 7. The molecule has 0 radical (unpaired) electrons. The molecule has 5 atom stereocenters. The van der Waals surface area contributed by atoms with Crippen molar-refractivity contribution in [1.29, 1.82) is 0 Å². The van der Waals surface area contributed by atoms with Gasteiger partial charge < -0.3 is 24.1 Å². The van der Waals surface area contributed by atoms with Crippen molar-refractivity contribution >= 4 is 42.2 Å². The first-order valence-corrected chi connectivity index (χ1v) is 13.6. The lowest BCUT2D eigenvalue weighted by atomic mass is 9.43. The lowest BCUT2D eigenvalue weighted by Crippen LogP contribution is -2.65. The Hall–Kier alpha value is -1.48. The Morgan fingerprint density at radius 1 is 1.19 bits per heavy atom. The molecule has 2 bridgehead atoms. The van der Waals surface area contributed by atoms with Gasteiger partial charge in [0.2, 0.25) is 0 Å². The molecule has 7 nitrogen and oxygen atoms in total. The second-order valence-corrected chi connectivity index (χ2v) is 14.2. The van der Waals surface area contributed by atoms with Crippen LogP contribution in [0.3, 0.4) is 0 Å². The van der Waals surface area contributed by atoms with Crippen molar-refractivity contribution in [3.8, 4) is 5.75 Å². The molecule has 1 saturated heterocycles. The number of ether oxygens (including phenoxy) is 2. The van der Waals surface area contributed by atoms with E-state index in [1.54, 1.807) is 12.1 Å². The van der Waals surface area contributed by atoms with Crippen LogP contribution in [0.2, 0.25) is 0 Å². The lowest BCUT2D eigenvalue weighted by molar-refractivity contribution is -0.199. The van der Waals surface area contributed by atoms with Crippen molar-refractivity contribution in [1.82, 2.24) is 5.32 Å². The van der Waals surface area contributed by atoms with E-state index in [0.29, 0.717) is 28.7 Å². The van der Waals surface area contributed by atoms with Crippen molar-refractivity contribution in [2.75, 3.05) is 7.11 Å². The van der Waals surface area contributed by atoms with Crippen LogP contribution in [0, 0.1) is 17.3 Å². The van der Waals surface area contributed by atoms with Gasteiger partial charge in [-0.25, -0.2) is 4.79 Å². The van der Waals surface area contributed by atoms with Gasteiger partial charge in [-0.1, -0.05) is 49.2 Å². The molecule has 5 rings (SSSR count). The van der Waals surface area contributed by atoms with Gasteiger partial charge in [-0.05, 0) is 82.8 Å². The number of benzene rings is 1. The molecular formula is C27H38BCl2NO6. The maximum atomic E-state index is 12.9. The Labute approximate surface area is 230 Å². The Balaban J connectivity index is 1.64. The van der Waals surface area contributed by atoms with Crippen molar-refractivity contribution in [3.05, 3.63) is 29.3 Å². The number of para-hydroxylation sites is 1. The molecule has 4 fully saturated rings. The average molecular weight is 554 g/mol. The molecule has 1 amide bonds. The van der Waals surface area contributed by atoms with Crippen LogP contribution in [0.1, 0.15) is 77.2 Å². The van der Waals surface area contributed by atoms with Gasteiger partial charge in [0.1, 0.15) is 16.9 Å². The molecule has 37 heavy (non-hydrogen) atoms. The topological polar surface area (TPSA) is 83.1 Å². The molecule has 0 aromatic heterocycles. The summed E-state index contributed by atoms with van der Waals surface area (Å²) >= 11 is 12.3. The van der Waals surface area contributed by atoms with Crippen LogP contribution in [0.5, 0.6) is 5.75 Å². The van der Waals surface area contributed by atoms with Crippen molar-refractivity contribution in [3.63, 3.8) is 0 Å². The monoisotopic (exact) mass is 553 g/mol. The number of carbonyl (C=O) groups is 2. The zero-order valence-electron chi connectivity index (χ0n) is 22.9. The number of methoxy groups -OCH3 is 1. The molecule has 1 aliphatic heterocycles. The smallest absolute Gasteiger partial charge is 0.482 e. The fourth-order valence-corrected chi connectivity index (χ4v) is 6.41. The molecule has 10 heteroatoms. The predicted octanol–water partition coefficient (Wildman–Crippen LogP) is 5.14. The third-order valence-corrected chi connectivity index (χ3v) is 8.72. The maximum Gasteiger partial charge on any atom is 0.482 e. The van der Waals surface area contributed by atoms with Crippen LogP contribution in [-0.4, -0.2) is 53.7 Å². The Bertz CT molecular complexity index is 1070. The van der Waals surface area contributed by atoms with Crippen LogP contribution in [0.4, 0.5) is 0 Å². The van der Waals surface area contributed by atoms with E-state index in [9.17, 15) is 9.59 Å². The molecule has 1 aromatic carbocycles. The standard InChI is InChI=1S/C27H38BCl2NO6/c1-24(2,3)35-22(32)17-11-9-10-15(21(17)34-8)12-20(31-23(33)27(7,29)30)28-36-19-14-16-13-18(25(16,4)5)26(19,6)37-28/h9-11,16,18-20H,12-14H2,1-8H3,(H,31,33). The van der Waals surface area contributed by atoms with Crippen molar-refractivity contribution < 1.29 is 28.4 Å². The molecule has 204 valence electrons. The fourth-order valence-electron chi connectivity index (χ4n) is 6.30. The number of halogens is 2. The largest absolute Gasteiger partial charge is 0.496 e. The summed E-state index contributed by atoms with van der Waals surface area (Å²) in [7, 11) is 0.780. The van der Waals surface area contributed by atoms with Gasteiger partial charge in [0.05, 0.1) is 24.8 Å². The Morgan fingerprint density at radius 3 is 2.43 bits per heavy atom. The van der Waals surface area contributed by atoms with Crippen LogP contribution >= 0.6 is 23.2 Å². The number of amides is 1. The number of alkyl halides is 2. The maximum absolute atomic E-state index is 12.9. The highest BCUT2D eigenvalue weighted by atomic mass is 35.5. The predicted molar refractivity (Wildman–Crippen MR) is 144 cm³/mol. The van der Waals surface area contributed by atoms with Gasteiger partial charge in [-0.15, -0.1) is 0 Å². The highest BCUT2D eigenvalue weighted by molar-refractivity contribution is 6.58. The molecule has 1 heterocycles. The average Bonchev–Trinajstić information content (AvgIpc) is 3.13. The van der Waals surface area contributed by atoms with Crippen molar-refractivity contribution in [2.24, 2.45) is 17.3 Å². The minimum Gasteiger partial charge on any atom is -0.496 e. The number of esters is 1.